The van der Waals surface area contributed by atoms with Gasteiger partial charge in [-0.3, -0.25) is 9.80 Å². The molecule has 2 aliphatic heterocycles. The first-order valence-electron chi connectivity index (χ1n) is 6.44. The predicted octanol–water partition coefficient (Wildman–Crippen LogP) is 1.23. The minimum absolute atomic E-state index is 0.0884. The third-order valence-corrected chi connectivity index (χ3v) is 4.66. The highest BCUT2D eigenvalue weighted by Crippen LogP contribution is 2.25. The molecular weight excluding hydrogens is 220 g/mol. The minimum Gasteiger partial charge on any atom is -0.393 e. The Labute approximate surface area is 103 Å². The smallest absolute Gasteiger partial charge is 0.0650 e. The average Bonchev–Trinajstić information content (AvgIpc) is 2.29. The molecule has 0 radical (unpaired) electrons. The van der Waals surface area contributed by atoms with Crippen LogP contribution in [-0.2, 0) is 0 Å². The molecule has 0 aromatic heterocycles. The van der Waals surface area contributed by atoms with Crippen LogP contribution in [0.15, 0.2) is 0 Å². The number of hydrogen-bond donors (Lipinski definition) is 1. The first-order chi connectivity index (χ1) is 7.68. The topological polar surface area (TPSA) is 26.7 Å². The van der Waals surface area contributed by atoms with Crippen molar-refractivity contribution in [3.8, 4) is 0 Å². The Morgan fingerprint density at radius 2 is 1.88 bits per heavy atom. The van der Waals surface area contributed by atoms with Crippen LogP contribution >= 0.6 is 11.8 Å². The van der Waals surface area contributed by atoms with Crippen LogP contribution in [-0.4, -0.2) is 64.4 Å². The van der Waals surface area contributed by atoms with E-state index in [1.807, 2.05) is 0 Å². The van der Waals surface area contributed by atoms with Crippen LogP contribution in [0.2, 0.25) is 0 Å². The highest BCUT2D eigenvalue weighted by atomic mass is 32.2. The van der Waals surface area contributed by atoms with Gasteiger partial charge in [-0.15, -0.1) is 0 Å². The first kappa shape index (κ1) is 12.7. The quantitative estimate of drug-likeness (QED) is 0.790. The van der Waals surface area contributed by atoms with Gasteiger partial charge < -0.3 is 5.11 Å². The summed E-state index contributed by atoms with van der Waals surface area (Å²) >= 11 is 2.05. The van der Waals surface area contributed by atoms with Crippen LogP contribution in [0.25, 0.3) is 0 Å². The van der Waals surface area contributed by atoms with Crippen LogP contribution in [0.4, 0.5) is 0 Å². The third-order valence-electron chi connectivity index (χ3n) is 3.72. The second kappa shape index (κ2) is 5.71. The van der Waals surface area contributed by atoms with Crippen molar-refractivity contribution in [1.29, 1.82) is 0 Å². The summed E-state index contributed by atoms with van der Waals surface area (Å²) in [6.07, 6.45) is 2.26. The zero-order chi connectivity index (χ0) is 11.5. The van der Waals surface area contributed by atoms with Gasteiger partial charge in [0.1, 0.15) is 0 Å². The number of thioether (sulfide) groups is 1. The van der Waals surface area contributed by atoms with E-state index < -0.39 is 0 Å². The summed E-state index contributed by atoms with van der Waals surface area (Å²) in [7, 11) is 0. The second-order valence-corrected chi connectivity index (χ2v) is 6.36. The molecule has 0 aromatic rings. The number of piperidine rings is 1. The molecule has 0 amide bonds. The van der Waals surface area contributed by atoms with E-state index in [1.165, 1.54) is 24.6 Å². The van der Waals surface area contributed by atoms with Crippen molar-refractivity contribution in [2.75, 3.05) is 31.1 Å². The fourth-order valence-electron chi connectivity index (χ4n) is 2.78. The van der Waals surface area contributed by atoms with E-state index in [2.05, 4.69) is 35.4 Å². The molecule has 0 saturated carbocycles. The molecular formula is C12H24N2OS. The van der Waals surface area contributed by atoms with Crippen molar-refractivity contribution in [2.45, 2.75) is 45.0 Å². The van der Waals surface area contributed by atoms with Gasteiger partial charge in [0.2, 0.25) is 0 Å². The number of aliphatic hydroxyl groups is 1. The van der Waals surface area contributed by atoms with Gasteiger partial charge in [-0.25, -0.2) is 0 Å². The lowest BCUT2D eigenvalue weighted by molar-refractivity contribution is -0.0472. The number of nitrogens with zero attached hydrogens (tertiary/aromatic N) is 2. The molecule has 1 N–H and O–H groups in total. The molecule has 2 atom stereocenters. The van der Waals surface area contributed by atoms with Gasteiger partial charge in [0.15, 0.2) is 0 Å². The molecule has 2 heterocycles. The Bertz CT molecular complexity index is 219. The summed E-state index contributed by atoms with van der Waals surface area (Å²) in [4.78, 5) is 5.13. The van der Waals surface area contributed by atoms with Gasteiger partial charge in [0.25, 0.3) is 0 Å². The Balaban J connectivity index is 2.00. The minimum atomic E-state index is -0.0884. The fraction of sp³-hybridized carbons (Fsp3) is 1.00. The normalized spacial score (nSPS) is 34.5. The Hall–Kier alpha value is 0.230. The maximum atomic E-state index is 9.85. The van der Waals surface area contributed by atoms with Gasteiger partial charge >= 0.3 is 0 Å². The van der Waals surface area contributed by atoms with E-state index in [-0.39, 0.29) is 6.10 Å². The number of aliphatic hydroxyl groups excluding tert-OH is 1. The lowest BCUT2D eigenvalue weighted by Gasteiger charge is -2.47. The molecule has 2 rings (SSSR count). The summed E-state index contributed by atoms with van der Waals surface area (Å²) < 4.78 is 0. The van der Waals surface area contributed by atoms with Crippen LogP contribution < -0.4 is 0 Å². The van der Waals surface area contributed by atoms with Gasteiger partial charge in [0.05, 0.1) is 12.3 Å². The number of likely N-dealkylation sites (tertiary alicyclic amines) is 1. The molecule has 2 unspecified atom stereocenters. The van der Waals surface area contributed by atoms with E-state index in [1.54, 1.807) is 0 Å². The van der Waals surface area contributed by atoms with Crippen molar-refractivity contribution >= 4 is 11.8 Å². The van der Waals surface area contributed by atoms with E-state index in [0.29, 0.717) is 12.2 Å². The van der Waals surface area contributed by atoms with Crippen LogP contribution in [0, 0.1) is 0 Å². The lowest BCUT2D eigenvalue weighted by Crippen LogP contribution is -2.57. The van der Waals surface area contributed by atoms with Crippen molar-refractivity contribution in [2.24, 2.45) is 0 Å². The van der Waals surface area contributed by atoms with Crippen LogP contribution in [0.5, 0.6) is 0 Å². The van der Waals surface area contributed by atoms with Crippen LogP contribution in [0.3, 0.4) is 0 Å². The molecule has 3 nitrogen and oxygen atoms in total. The Morgan fingerprint density at radius 3 is 2.50 bits per heavy atom. The number of hydrogen-bond acceptors (Lipinski definition) is 4. The molecule has 2 saturated heterocycles. The monoisotopic (exact) mass is 244 g/mol. The molecule has 0 bridgehead atoms. The summed E-state index contributed by atoms with van der Waals surface area (Å²) in [5.74, 6) is 2.50. The molecule has 94 valence electrons. The van der Waals surface area contributed by atoms with E-state index >= 15 is 0 Å². The summed E-state index contributed by atoms with van der Waals surface area (Å²) in [6.45, 7) is 7.95. The SMILES string of the molecule is CC(C)N1CCC(O)CC1N1CCSCC1. The molecule has 2 fully saturated rings. The molecule has 0 aliphatic carbocycles. The van der Waals surface area contributed by atoms with Gasteiger partial charge in [0, 0.05) is 43.6 Å². The zero-order valence-electron chi connectivity index (χ0n) is 10.4. The highest BCUT2D eigenvalue weighted by Gasteiger charge is 2.33. The fourth-order valence-corrected chi connectivity index (χ4v) is 3.71. The van der Waals surface area contributed by atoms with Gasteiger partial charge in [-0.1, -0.05) is 0 Å². The van der Waals surface area contributed by atoms with E-state index in [9.17, 15) is 5.11 Å². The summed E-state index contributed by atoms with van der Waals surface area (Å²) in [5.41, 5.74) is 0. The Kier molecular flexibility index (Phi) is 4.53. The predicted molar refractivity (Wildman–Crippen MR) is 69.8 cm³/mol. The zero-order valence-corrected chi connectivity index (χ0v) is 11.2. The molecule has 16 heavy (non-hydrogen) atoms. The number of rotatable bonds is 2. The van der Waals surface area contributed by atoms with Gasteiger partial charge in [-0.05, 0) is 20.3 Å². The summed E-state index contributed by atoms with van der Waals surface area (Å²) in [6, 6.07) is 0.590. The maximum absolute atomic E-state index is 9.85. The van der Waals surface area contributed by atoms with E-state index in [4.69, 9.17) is 0 Å². The average molecular weight is 244 g/mol. The first-order valence-corrected chi connectivity index (χ1v) is 7.59. The van der Waals surface area contributed by atoms with Crippen molar-refractivity contribution < 1.29 is 5.11 Å². The third kappa shape index (κ3) is 2.92. The molecule has 0 aromatic carbocycles. The molecule has 0 spiro atoms. The van der Waals surface area contributed by atoms with Crippen molar-refractivity contribution in [3.05, 3.63) is 0 Å². The largest absolute Gasteiger partial charge is 0.393 e. The molecule has 4 heteroatoms. The maximum Gasteiger partial charge on any atom is 0.0650 e. The van der Waals surface area contributed by atoms with Crippen molar-refractivity contribution in [3.63, 3.8) is 0 Å². The lowest BCUT2D eigenvalue weighted by atomic mass is 10.0. The van der Waals surface area contributed by atoms with Crippen LogP contribution in [0.1, 0.15) is 26.7 Å². The molecule has 2 aliphatic rings. The van der Waals surface area contributed by atoms with Crippen molar-refractivity contribution in [1.82, 2.24) is 9.80 Å². The Morgan fingerprint density at radius 1 is 1.19 bits per heavy atom. The summed E-state index contributed by atoms with van der Waals surface area (Å²) in [5, 5.41) is 9.85. The standard InChI is InChI=1S/C12H24N2OS/c1-10(2)14-4-3-11(15)9-12(14)13-5-7-16-8-6-13/h10-12,15H,3-9H2,1-2H3. The van der Waals surface area contributed by atoms with E-state index in [0.717, 1.165) is 19.4 Å². The second-order valence-electron chi connectivity index (χ2n) is 5.14. The highest BCUT2D eigenvalue weighted by molar-refractivity contribution is 7.99. The van der Waals surface area contributed by atoms with Gasteiger partial charge in [-0.2, -0.15) is 11.8 Å².